The smallest absolute Gasteiger partial charge is 0.240 e. The molecule has 0 saturated heterocycles. The highest BCUT2D eigenvalue weighted by Crippen LogP contribution is 2.38. The van der Waals surface area contributed by atoms with Gasteiger partial charge in [-0.15, -0.1) is 0 Å². The molecule has 2 aromatic rings. The van der Waals surface area contributed by atoms with Crippen molar-refractivity contribution in [1.29, 1.82) is 0 Å². The highest BCUT2D eigenvalue weighted by molar-refractivity contribution is 5.65. The Balaban J connectivity index is 1.99. The molecule has 0 unspecified atom stereocenters. The molecule has 0 bridgehead atoms. The molecule has 3 rings (SSSR count). The third kappa shape index (κ3) is 2.41. The van der Waals surface area contributed by atoms with Gasteiger partial charge in [-0.1, -0.05) is 24.1 Å². The van der Waals surface area contributed by atoms with Gasteiger partial charge in [-0.2, -0.15) is 4.98 Å². The predicted molar refractivity (Wildman–Crippen MR) is 75.4 cm³/mol. The fourth-order valence-corrected chi connectivity index (χ4v) is 2.86. The number of nitrogens with two attached hydrogens (primary N) is 1. The van der Waals surface area contributed by atoms with E-state index in [0.29, 0.717) is 17.6 Å². The zero-order chi connectivity index (χ0) is 13.9. The monoisotopic (exact) mass is 273 g/mol. The Bertz CT molecular complexity index is 589. The van der Waals surface area contributed by atoms with E-state index in [4.69, 9.17) is 15.0 Å². The van der Waals surface area contributed by atoms with Crippen LogP contribution in [0.4, 0.5) is 0 Å². The Kier molecular flexibility index (Phi) is 3.69. The van der Waals surface area contributed by atoms with Crippen LogP contribution in [0.1, 0.15) is 43.1 Å². The normalized spacial score (nSPS) is 15.7. The van der Waals surface area contributed by atoms with Crippen LogP contribution in [0.5, 0.6) is 5.75 Å². The lowest BCUT2D eigenvalue weighted by Crippen LogP contribution is -1.97. The van der Waals surface area contributed by atoms with E-state index < -0.39 is 0 Å². The quantitative estimate of drug-likeness (QED) is 0.927. The van der Waals surface area contributed by atoms with Crippen LogP contribution in [-0.2, 0) is 6.54 Å². The summed E-state index contributed by atoms with van der Waals surface area (Å²) in [5.41, 5.74) is 7.72. The molecule has 1 aromatic heterocycles. The molecule has 0 spiro atoms. The summed E-state index contributed by atoms with van der Waals surface area (Å²) >= 11 is 0. The van der Waals surface area contributed by atoms with Gasteiger partial charge in [0.1, 0.15) is 5.75 Å². The lowest BCUT2D eigenvalue weighted by Gasteiger charge is -2.12. The van der Waals surface area contributed by atoms with E-state index in [1.54, 1.807) is 7.11 Å². The fraction of sp³-hybridized carbons (Fsp3) is 0.467. The maximum absolute atomic E-state index is 5.51. The Morgan fingerprint density at radius 1 is 1.35 bits per heavy atom. The molecule has 2 N–H and O–H groups in total. The Morgan fingerprint density at radius 3 is 2.80 bits per heavy atom. The highest BCUT2D eigenvalue weighted by atomic mass is 16.5. The highest BCUT2D eigenvalue weighted by Gasteiger charge is 2.20. The molecule has 20 heavy (non-hydrogen) atoms. The minimum atomic E-state index is 0.248. The van der Waals surface area contributed by atoms with Gasteiger partial charge in [-0.05, 0) is 36.5 Å². The second kappa shape index (κ2) is 5.63. The number of methoxy groups -OCH3 is 1. The largest absolute Gasteiger partial charge is 0.496 e. The van der Waals surface area contributed by atoms with Crippen molar-refractivity contribution < 1.29 is 9.26 Å². The molecule has 1 heterocycles. The number of hydrogen-bond acceptors (Lipinski definition) is 5. The van der Waals surface area contributed by atoms with Crippen molar-refractivity contribution in [2.75, 3.05) is 7.11 Å². The molecule has 1 saturated carbocycles. The van der Waals surface area contributed by atoms with Gasteiger partial charge in [0.05, 0.1) is 19.2 Å². The molecular weight excluding hydrogens is 254 g/mol. The maximum atomic E-state index is 5.51. The molecule has 5 nitrogen and oxygen atoms in total. The lowest BCUT2D eigenvalue weighted by molar-refractivity contribution is 0.380. The first-order valence-corrected chi connectivity index (χ1v) is 7.02. The van der Waals surface area contributed by atoms with E-state index in [2.05, 4.69) is 22.3 Å². The zero-order valence-corrected chi connectivity index (χ0v) is 11.6. The zero-order valence-electron chi connectivity index (χ0n) is 11.6. The summed E-state index contributed by atoms with van der Waals surface area (Å²) in [7, 11) is 1.65. The van der Waals surface area contributed by atoms with Crippen molar-refractivity contribution in [3.05, 3.63) is 29.7 Å². The van der Waals surface area contributed by atoms with E-state index in [1.807, 2.05) is 6.07 Å². The van der Waals surface area contributed by atoms with Gasteiger partial charge in [0.15, 0.2) is 0 Å². The van der Waals surface area contributed by atoms with E-state index >= 15 is 0 Å². The summed E-state index contributed by atoms with van der Waals surface area (Å²) in [6.45, 7) is 0.248. The molecule has 0 atom stereocenters. The maximum Gasteiger partial charge on any atom is 0.240 e. The van der Waals surface area contributed by atoms with Gasteiger partial charge in [0.2, 0.25) is 11.7 Å². The minimum absolute atomic E-state index is 0.248. The number of benzene rings is 1. The SMILES string of the molecule is COc1ccc(C2CCCC2)cc1-c1noc(CN)n1. The number of hydrogen-bond donors (Lipinski definition) is 1. The fourth-order valence-electron chi connectivity index (χ4n) is 2.86. The second-order valence-corrected chi connectivity index (χ2v) is 5.16. The topological polar surface area (TPSA) is 74.2 Å². The summed E-state index contributed by atoms with van der Waals surface area (Å²) < 4.78 is 10.5. The van der Waals surface area contributed by atoms with E-state index in [-0.39, 0.29) is 6.54 Å². The van der Waals surface area contributed by atoms with Crippen molar-refractivity contribution in [3.8, 4) is 17.1 Å². The predicted octanol–water partition coefficient (Wildman–Crippen LogP) is 2.86. The molecule has 1 aromatic carbocycles. The first kappa shape index (κ1) is 13.1. The average Bonchev–Trinajstić information content (AvgIpc) is 3.17. The molecule has 1 fully saturated rings. The van der Waals surface area contributed by atoms with Gasteiger partial charge in [0, 0.05) is 0 Å². The number of aromatic nitrogens is 2. The summed E-state index contributed by atoms with van der Waals surface area (Å²) in [6.07, 6.45) is 5.13. The van der Waals surface area contributed by atoms with E-state index in [0.717, 1.165) is 11.3 Å². The summed E-state index contributed by atoms with van der Waals surface area (Å²) in [6, 6.07) is 6.25. The first-order valence-electron chi connectivity index (χ1n) is 7.02. The summed E-state index contributed by atoms with van der Waals surface area (Å²) in [4.78, 5) is 4.29. The van der Waals surface area contributed by atoms with Crippen LogP contribution in [0.3, 0.4) is 0 Å². The van der Waals surface area contributed by atoms with E-state index in [9.17, 15) is 0 Å². The standard InChI is InChI=1S/C15H19N3O2/c1-19-13-7-6-11(10-4-2-3-5-10)8-12(13)15-17-14(9-16)20-18-15/h6-8,10H,2-5,9,16H2,1H3. The molecule has 5 heteroatoms. The first-order chi connectivity index (χ1) is 9.81. The van der Waals surface area contributed by atoms with Gasteiger partial charge in [0.25, 0.3) is 0 Å². The number of ether oxygens (including phenoxy) is 1. The van der Waals surface area contributed by atoms with Crippen molar-refractivity contribution in [3.63, 3.8) is 0 Å². The molecule has 0 radical (unpaired) electrons. The van der Waals surface area contributed by atoms with Crippen LogP contribution in [0, 0.1) is 0 Å². The summed E-state index contributed by atoms with van der Waals surface area (Å²) in [5, 5.41) is 3.99. The Morgan fingerprint density at radius 2 is 2.15 bits per heavy atom. The van der Waals surface area contributed by atoms with Crippen molar-refractivity contribution in [2.24, 2.45) is 5.73 Å². The van der Waals surface area contributed by atoms with E-state index in [1.165, 1.54) is 31.2 Å². The van der Waals surface area contributed by atoms with Crippen LogP contribution in [-0.4, -0.2) is 17.3 Å². The molecular formula is C15H19N3O2. The van der Waals surface area contributed by atoms with Gasteiger partial charge in [-0.25, -0.2) is 0 Å². The van der Waals surface area contributed by atoms with Crippen LogP contribution in [0.25, 0.3) is 11.4 Å². The third-order valence-electron chi connectivity index (χ3n) is 3.93. The Hall–Kier alpha value is -1.88. The number of rotatable bonds is 4. The van der Waals surface area contributed by atoms with Crippen molar-refractivity contribution >= 4 is 0 Å². The van der Waals surface area contributed by atoms with Gasteiger partial charge >= 0.3 is 0 Å². The van der Waals surface area contributed by atoms with Crippen molar-refractivity contribution in [1.82, 2.24) is 10.1 Å². The van der Waals surface area contributed by atoms with Gasteiger partial charge in [-0.3, -0.25) is 0 Å². The Labute approximate surface area is 118 Å². The molecule has 0 amide bonds. The van der Waals surface area contributed by atoms with Crippen LogP contribution < -0.4 is 10.5 Å². The van der Waals surface area contributed by atoms with Crippen molar-refractivity contribution in [2.45, 2.75) is 38.1 Å². The van der Waals surface area contributed by atoms with Crippen LogP contribution >= 0.6 is 0 Å². The third-order valence-corrected chi connectivity index (χ3v) is 3.93. The molecule has 106 valence electrons. The molecule has 1 aliphatic rings. The summed E-state index contributed by atoms with van der Waals surface area (Å²) in [5.74, 6) is 2.38. The average molecular weight is 273 g/mol. The molecule has 0 aliphatic heterocycles. The minimum Gasteiger partial charge on any atom is -0.496 e. The number of nitrogens with zero attached hydrogens (tertiary/aromatic N) is 2. The second-order valence-electron chi connectivity index (χ2n) is 5.16. The van der Waals surface area contributed by atoms with Crippen LogP contribution in [0.2, 0.25) is 0 Å². The lowest BCUT2D eigenvalue weighted by atomic mass is 9.95. The van der Waals surface area contributed by atoms with Crippen LogP contribution in [0.15, 0.2) is 22.7 Å². The molecule has 1 aliphatic carbocycles. The van der Waals surface area contributed by atoms with Gasteiger partial charge < -0.3 is 15.0 Å².